The van der Waals surface area contributed by atoms with Gasteiger partial charge in [0.05, 0.1) is 11.6 Å². The second-order valence-electron chi connectivity index (χ2n) is 6.03. The van der Waals surface area contributed by atoms with Crippen LogP contribution in [0.1, 0.15) is 24.8 Å². The van der Waals surface area contributed by atoms with Gasteiger partial charge in [0.25, 0.3) is 0 Å². The summed E-state index contributed by atoms with van der Waals surface area (Å²) in [6.07, 6.45) is 5.59. The molecule has 19 heavy (non-hydrogen) atoms. The number of nitriles is 1. The molecule has 1 aromatic rings. The van der Waals surface area contributed by atoms with Gasteiger partial charge in [0.1, 0.15) is 5.82 Å². The first-order valence-corrected chi connectivity index (χ1v) is 7.00. The molecular formula is C15H20N4. The fraction of sp³-hybridized carbons (Fsp3) is 0.600. The lowest BCUT2D eigenvalue weighted by Gasteiger charge is -2.41. The van der Waals surface area contributed by atoms with Crippen molar-refractivity contribution in [2.45, 2.75) is 19.3 Å². The number of likely N-dealkylation sites (tertiary alicyclic amines) is 1. The van der Waals surface area contributed by atoms with E-state index < -0.39 is 0 Å². The fourth-order valence-corrected chi connectivity index (χ4v) is 3.56. The molecule has 1 aromatic heterocycles. The molecule has 0 amide bonds. The fourth-order valence-electron chi connectivity index (χ4n) is 3.56. The van der Waals surface area contributed by atoms with Crippen LogP contribution in [0.15, 0.2) is 18.3 Å². The van der Waals surface area contributed by atoms with Crippen molar-refractivity contribution in [3.63, 3.8) is 0 Å². The van der Waals surface area contributed by atoms with Crippen LogP contribution in [0.5, 0.6) is 0 Å². The van der Waals surface area contributed by atoms with Crippen LogP contribution in [0.3, 0.4) is 0 Å². The maximum absolute atomic E-state index is 9.00. The first kappa shape index (κ1) is 12.4. The van der Waals surface area contributed by atoms with E-state index in [0.29, 0.717) is 11.0 Å². The molecule has 0 aliphatic carbocycles. The molecule has 3 rings (SSSR count). The van der Waals surface area contributed by atoms with Gasteiger partial charge in [0.2, 0.25) is 0 Å². The lowest BCUT2D eigenvalue weighted by atomic mass is 9.79. The molecule has 2 aliphatic rings. The molecule has 0 radical (unpaired) electrons. The Balaban J connectivity index is 1.80. The molecule has 2 aliphatic heterocycles. The summed E-state index contributed by atoms with van der Waals surface area (Å²) < 4.78 is 0. The van der Waals surface area contributed by atoms with Crippen molar-refractivity contribution in [3.05, 3.63) is 23.9 Å². The number of anilines is 1. The van der Waals surface area contributed by atoms with Crippen molar-refractivity contribution >= 4 is 5.82 Å². The summed E-state index contributed by atoms with van der Waals surface area (Å²) in [4.78, 5) is 9.24. The van der Waals surface area contributed by atoms with E-state index in [4.69, 9.17) is 5.26 Å². The SMILES string of the molecule is CN1CCC2(CCCN(c3cc(C#N)ccn3)C2)C1. The lowest BCUT2D eigenvalue weighted by Crippen LogP contribution is -2.45. The molecular weight excluding hydrogens is 236 g/mol. The van der Waals surface area contributed by atoms with Gasteiger partial charge in [0.15, 0.2) is 0 Å². The van der Waals surface area contributed by atoms with Crippen molar-refractivity contribution < 1.29 is 0 Å². The Morgan fingerprint density at radius 1 is 1.32 bits per heavy atom. The Hall–Kier alpha value is -1.60. The molecule has 0 aromatic carbocycles. The molecule has 100 valence electrons. The zero-order valence-corrected chi connectivity index (χ0v) is 11.5. The highest BCUT2D eigenvalue weighted by Gasteiger charge is 2.40. The predicted molar refractivity (Wildman–Crippen MR) is 74.9 cm³/mol. The monoisotopic (exact) mass is 256 g/mol. The lowest BCUT2D eigenvalue weighted by molar-refractivity contribution is 0.233. The van der Waals surface area contributed by atoms with Crippen molar-refractivity contribution in [2.24, 2.45) is 5.41 Å². The first-order chi connectivity index (χ1) is 9.21. The summed E-state index contributed by atoms with van der Waals surface area (Å²) in [7, 11) is 2.21. The Morgan fingerprint density at radius 2 is 2.21 bits per heavy atom. The van der Waals surface area contributed by atoms with Crippen LogP contribution in [0.4, 0.5) is 5.82 Å². The Kier molecular flexibility index (Phi) is 3.16. The molecule has 0 bridgehead atoms. The average Bonchev–Trinajstić information content (AvgIpc) is 2.79. The van der Waals surface area contributed by atoms with E-state index in [1.54, 1.807) is 12.3 Å². The molecule has 4 nitrogen and oxygen atoms in total. The van der Waals surface area contributed by atoms with E-state index in [1.807, 2.05) is 6.07 Å². The van der Waals surface area contributed by atoms with Crippen LogP contribution in [0.2, 0.25) is 0 Å². The summed E-state index contributed by atoms with van der Waals surface area (Å²) in [5.74, 6) is 0.965. The second-order valence-corrected chi connectivity index (χ2v) is 6.03. The predicted octanol–water partition coefficient (Wildman–Crippen LogP) is 1.88. The van der Waals surface area contributed by atoms with Crippen LogP contribution >= 0.6 is 0 Å². The first-order valence-electron chi connectivity index (χ1n) is 7.00. The van der Waals surface area contributed by atoms with Crippen LogP contribution in [-0.4, -0.2) is 43.1 Å². The highest BCUT2D eigenvalue weighted by atomic mass is 15.2. The summed E-state index contributed by atoms with van der Waals surface area (Å²) in [6.45, 7) is 4.55. The Morgan fingerprint density at radius 3 is 2.95 bits per heavy atom. The van der Waals surface area contributed by atoms with Crippen LogP contribution < -0.4 is 4.90 Å². The van der Waals surface area contributed by atoms with Gasteiger partial charge in [-0.3, -0.25) is 0 Å². The van der Waals surface area contributed by atoms with Gasteiger partial charge < -0.3 is 9.80 Å². The van der Waals surface area contributed by atoms with Gasteiger partial charge in [-0.2, -0.15) is 5.26 Å². The van der Waals surface area contributed by atoms with E-state index in [9.17, 15) is 0 Å². The van der Waals surface area contributed by atoms with Crippen molar-refractivity contribution in [1.29, 1.82) is 5.26 Å². The average molecular weight is 256 g/mol. The molecule has 2 fully saturated rings. The quantitative estimate of drug-likeness (QED) is 0.769. The maximum atomic E-state index is 9.00. The van der Waals surface area contributed by atoms with E-state index in [2.05, 4.69) is 27.9 Å². The Labute approximate surface area is 114 Å². The highest BCUT2D eigenvalue weighted by Crippen LogP contribution is 2.39. The molecule has 0 saturated carbocycles. The van der Waals surface area contributed by atoms with Gasteiger partial charge in [-0.1, -0.05) is 0 Å². The normalized spacial score (nSPS) is 27.7. The molecule has 2 saturated heterocycles. The minimum atomic E-state index is 0.442. The van der Waals surface area contributed by atoms with E-state index in [0.717, 1.165) is 18.9 Å². The van der Waals surface area contributed by atoms with Crippen molar-refractivity contribution in [1.82, 2.24) is 9.88 Å². The van der Waals surface area contributed by atoms with Gasteiger partial charge in [-0.15, -0.1) is 0 Å². The minimum absolute atomic E-state index is 0.442. The van der Waals surface area contributed by atoms with Gasteiger partial charge in [-0.05, 0) is 45.0 Å². The van der Waals surface area contributed by atoms with Crippen LogP contribution in [-0.2, 0) is 0 Å². The number of pyridine rings is 1. The van der Waals surface area contributed by atoms with Crippen LogP contribution in [0, 0.1) is 16.7 Å². The number of nitrogens with zero attached hydrogens (tertiary/aromatic N) is 4. The third kappa shape index (κ3) is 2.43. The minimum Gasteiger partial charge on any atom is -0.356 e. The smallest absolute Gasteiger partial charge is 0.129 e. The van der Waals surface area contributed by atoms with Gasteiger partial charge >= 0.3 is 0 Å². The van der Waals surface area contributed by atoms with Crippen molar-refractivity contribution in [3.8, 4) is 6.07 Å². The summed E-state index contributed by atoms with van der Waals surface area (Å²) in [6, 6.07) is 5.88. The standard InChI is InChI=1S/C15H20N4/c1-18-8-5-15(11-18)4-2-7-19(12-15)14-9-13(10-16)3-6-17-14/h3,6,9H,2,4-5,7-8,11-12H2,1H3. The van der Waals surface area contributed by atoms with E-state index >= 15 is 0 Å². The van der Waals surface area contributed by atoms with E-state index in [-0.39, 0.29) is 0 Å². The zero-order valence-electron chi connectivity index (χ0n) is 11.5. The Bertz CT molecular complexity index is 503. The van der Waals surface area contributed by atoms with Crippen LogP contribution in [0.25, 0.3) is 0 Å². The maximum Gasteiger partial charge on any atom is 0.129 e. The number of hydrogen-bond donors (Lipinski definition) is 0. The topological polar surface area (TPSA) is 43.2 Å². The van der Waals surface area contributed by atoms with Gasteiger partial charge in [-0.25, -0.2) is 4.98 Å². The number of hydrogen-bond acceptors (Lipinski definition) is 4. The summed E-state index contributed by atoms with van der Waals surface area (Å²) >= 11 is 0. The number of piperidine rings is 1. The number of rotatable bonds is 1. The highest BCUT2D eigenvalue weighted by molar-refractivity contribution is 5.45. The van der Waals surface area contributed by atoms with E-state index in [1.165, 1.54) is 32.4 Å². The third-order valence-electron chi connectivity index (χ3n) is 4.49. The third-order valence-corrected chi connectivity index (χ3v) is 4.49. The molecule has 0 N–H and O–H groups in total. The molecule has 1 atom stereocenters. The zero-order chi connectivity index (χ0) is 13.3. The molecule has 4 heteroatoms. The second kappa shape index (κ2) is 4.82. The largest absolute Gasteiger partial charge is 0.356 e. The summed E-state index contributed by atoms with van der Waals surface area (Å²) in [5, 5.41) is 9.00. The number of aromatic nitrogens is 1. The van der Waals surface area contributed by atoms with Crippen molar-refractivity contribution in [2.75, 3.05) is 38.1 Å². The molecule has 1 spiro atoms. The van der Waals surface area contributed by atoms with Gasteiger partial charge in [0, 0.05) is 31.2 Å². The summed E-state index contributed by atoms with van der Waals surface area (Å²) in [5.41, 5.74) is 1.14. The molecule has 3 heterocycles. The molecule has 1 unspecified atom stereocenters.